The van der Waals surface area contributed by atoms with Gasteiger partial charge in [-0.2, -0.15) is 5.10 Å². The zero-order valence-corrected chi connectivity index (χ0v) is 12.7. The van der Waals surface area contributed by atoms with E-state index in [9.17, 15) is 26.7 Å². The average molecular weight is 358 g/mol. The molecule has 1 N–H and O–H groups in total. The Morgan fingerprint density at radius 2 is 1.68 bits per heavy atom. The summed E-state index contributed by atoms with van der Waals surface area (Å²) in [5, 5.41) is 3.16. The Bertz CT molecular complexity index is 811. The van der Waals surface area contributed by atoms with Crippen LogP contribution in [-0.4, -0.2) is 18.7 Å². The Kier molecular flexibility index (Phi) is 5.68. The SMILES string of the molecule is Cc1cccc(OCC(=O)N/N=C/c2c(F)c(F)c(F)c(F)c2F)c1. The molecule has 0 spiro atoms. The second kappa shape index (κ2) is 7.73. The number of nitrogens with zero attached hydrogens (tertiary/aromatic N) is 1. The molecule has 4 nitrogen and oxygen atoms in total. The van der Waals surface area contributed by atoms with Gasteiger partial charge in [-0.15, -0.1) is 0 Å². The summed E-state index contributed by atoms with van der Waals surface area (Å²) < 4.78 is 70.8. The smallest absolute Gasteiger partial charge is 0.277 e. The summed E-state index contributed by atoms with van der Waals surface area (Å²) in [5.74, 6) is -11.0. The van der Waals surface area contributed by atoms with E-state index in [4.69, 9.17) is 4.74 Å². The van der Waals surface area contributed by atoms with Gasteiger partial charge >= 0.3 is 0 Å². The van der Waals surface area contributed by atoms with Crippen LogP contribution in [0.5, 0.6) is 5.75 Å². The first-order valence-corrected chi connectivity index (χ1v) is 6.84. The van der Waals surface area contributed by atoms with Crippen molar-refractivity contribution >= 4 is 12.1 Å². The summed E-state index contributed by atoms with van der Waals surface area (Å²) in [7, 11) is 0. The van der Waals surface area contributed by atoms with Crippen molar-refractivity contribution in [2.45, 2.75) is 6.92 Å². The summed E-state index contributed by atoms with van der Waals surface area (Å²) in [6, 6.07) is 6.81. The lowest BCUT2D eigenvalue weighted by Gasteiger charge is -2.06. The zero-order chi connectivity index (χ0) is 18.6. The number of rotatable bonds is 5. The first-order chi connectivity index (χ1) is 11.8. The van der Waals surface area contributed by atoms with Crippen LogP contribution in [0.15, 0.2) is 29.4 Å². The fourth-order valence-electron chi connectivity index (χ4n) is 1.79. The van der Waals surface area contributed by atoms with Gasteiger partial charge in [0.25, 0.3) is 5.91 Å². The summed E-state index contributed by atoms with van der Waals surface area (Å²) >= 11 is 0. The van der Waals surface area contributed by atoms with E-state index < -0.39 is 47.2 Å². The maximum atomic E-state index is 13.4. The van der Waals surface area contributed by atoms with Gasteiger partial charge in [0.1, 0.15) is 5.75 Å². The quantitative estimate of drug-likeness (QED) is 0.293. The molecule has 0 fully saturated rings. The second-order valence-corrected chi connectivity index (χ2v) is 4.88. The highest BCUT2D eigenvalue weighted by molar-refractivity contribution is 5.83. The van der Waals surface area contributed by atoms with Crippen molar-refractivity contribution in [1.82, 2.24) is 5.43 Å². The van der Waals surface area contributed by atoms with Crippen LogP contribution in [0.25, 0.3) is 0 Å². The molecule has 0 aromatic heterocycles. The molecule has 0 unspecified atom stereocenters. The summed E-state index contributed by atoms with van der Waals surface area (Å²) in [6.07, 6.45) is 0.320. The van der Waals surface area contributed by atoms with E-state index in [1.54, 1.807) is 18.2 Å². The van der Waals surface area contributed by atoms with Crippen LogP contribution in [0.2, 0.25) is 0 Å². The highest BCUT2D eigenvalue weighted by atomic mass is 19.2. The maximum absolute atomic E-state index is 13.4. The van der Waals surface area contributed by atoms with Gasteiger partial charge in [0.05, 0.1) is 11.8 Å². The lowest BCUT2D eigenvalue weighted by atomic mass is 10.2. The van der Waals surface area contributed by atoms with Crippen molar-refractivity contribution in [3.63, 3.8) is 0 Å². The molecule has 2 rings (SSSR count). The van der Waals surface area contributed by atoms with E-state index in [2.05, 4.69) is 5.10 Å². The van der Waals surface area contributed by atoms with Crippen LogP contribution in [0.4, 0.5) is 22.0 Å². The number of hydrogen-bond donors (Lipinski definition) is 1. The van der Waals surface area contributed by atoms with Crippen LogP contribution in [0.3, 0.4) is 0 Å². The number of carbonyl (C=O) groups is 1. The third kappa shape index (κ3) is 4.31. The van der Waals surface area contributed by atoms with E-state index in [-0.39, 0.29) is 0 Å². The monoisotopic (exact) mass is 358 g/mol. The first-order valence-electron chi connectivity index (χ1n) is 6.84. The largest absolute Gasteiger partial charge is 0.484 e. The maximum Gasteiger partial charge on any atom is 0.277 e. The molecule has 2 aromatic carbocycles. The molecule has 25 heavy (non-hydrogen) atoms. The number of nitrogens with one attached hydrogen (secondary N) is 1. The van der Waals surface area contributed by atoms with Crippen molar-refractivity contribution in [2.75, 3.05) is 6.61 Å². The fraction of sp³-hybridized carbons (Fsp3) is 0.125. The van der Waals surface area contributed by atoms with Gasteiger partial charge in [-0.1, -0.05) is 12.1 Å². The Morgan fingerprint density at radius 3 is 2.28 bits per heavy atom. The molecule has 9 heteroatoms. The molecule has 132 valence electrons. The summed E-state index contributed by atoms with van der Waals surface area (Å²) in [4.78, 5) is 11.5. The second-order valence-electron chi connectivity index (χ2n) is 4.88. The van der Waals surface area contributed by atoms with Crippen LogP contribution in [0.1, 0.15) is 11.1 Å². The number of amides is 1. The molecule has 0 heterocycles. The van der Waals surface area contributed by atoms with Gasteiger partial charge in [0, 0.05) is 0 Å². The third-order valence-electron chi connectivity index (χ3n) is 2.99. The van der Waals surface area contributed by atoms with E-state index in [1.165, 1.54) is 0 Å². The lowest BCUT2D eigenvalue weighted by molar-refractivity contribution is -0.123. The number of hydrogen-bond acceptors (Lipinski definition) is 3. The van der Waals surface area contributed by atoms with Crippen LogP contribution >= 0.6 is 0 Å². The van der Waals surface area contributed by atoms with Crippen molar-refractivity contribution in [2.24, 2.45) is 5.10 Å². The summed E-state index contributed by atoms with van der Waals surface area (Å²) in [6.45, 7) is 1.36. The van der Waals surface area contributed by atoms with Gasteiger partial charge in [-0.05, 0) is 24.6 Å². The van der Waals surface area contributed by atoms with Crippen LogP contribution in [0, 0.1) is 36.0 Å². The highest BCUT2D eigenvalue weighted by Gasteiger charge is 2.24. The molecule has 0 aliphatic rings. The van der Waals surface area contributed by atoms with Crippen molar-refractivity contribution in [3.05, 3.63) is 64.5 Å². The van der Waals surface area contributed by atoms with Gasteiger partial charge in [0.15, 0.2) is 29.9 Å². The molecule has 0 aliphatic heterocycles. The van der Waals surface area contributed by atoms with Gasteiger partial charge in [0.2, 0.25) is 5.82 Å². The van der Waals surface area contributed by atoms with Gasteiger partial charge in [-0.3, -0.25) is 4.79 Å². The predicted octanol–water partition coefficient (Wildman–Crippen LogP) is 3.22. The number of hydrazone groups is 1. The Labute approximate surface area is 138 Å². The summed E-state index contributed by atoms with van der Waals surface area (Å²) in [5.41, 5.74) is 1.50. The van der Waals surface area contributed by atoms with Crippen LogP contribution in [-0.2, 0) is 4.79 Å². The molecule has 0 aliphatic carbocycles. The minimum Gasteiger partial charge on any atom is -0.484 e. The molecule has 0 bridgehead atoms. The molecule has 0 saturated heterocycles. The van der Waals surface area contributed by atoms with Crippen molar-refractivity contribution < 1.29 is 31.5 Å². The highest BCUT2D eigenvalue weighted by Crippen LogP contribution is 2.21. The molecule has 1 amide bonds. The average Bonchev–Trinajstić information content (AvgIpc) is 2.59. The number of halogens is 5. The molecule has 0 atom stereocenters. The van der Waals surface area contributed by atoms with Crippen molar-refractivity contribution in [1.29, 1.82) is 0 Å². The molecule has 2 aromatic rings. The molecular formula is C16H11F5N2O2. The Balaban J connectivity index is 2.00. The van der Waals surface area contributed by atoms with E-state index in [1.807, 2.05) is 18.4 Å². The molecule has 0 radical (unpaired) electrons. The number of benzene rings is 2. The number of aryl methyl sites for hydroxylation is 1. The topological polar surface area (TPSA) is 50.7 Å². The fourth-order valence-corrected chi connectivity index (χ4v) is 1.79. The van der Waals surface area contributed by atoms with Crippen molar-refractivity contribution in [3.8, 4) is 5.75 Å². The van der Waals surface area contributed by atoms with Gasteiger partial charge in [-0.25, -0.2) is 27.4 Å². The Hall–Kier alpha value is -2.97. The molecular weight excluding hydrogens is 347 g/mol. The predicted molar refractivity (Wildman–Crippen MR) is 78.6 cm³/mol. The third-order valence-corrected chi connectivity index (χ3v) is 2.99. The van der Waals surface area contributed by atoms with E-state index in [0.29, 0.717) is 12.0 Å². The number of carbonyl (C=O) groups excluding carboxylic acids is 1. The minimum atomic E-state index is -2.28. The normalized spacial score (nSPS) is 11.0. The Morgan fingerprint density at radius 1 is 1.08 bits per heavy atom. The zero-order valence-electron chi connectivity index (χ0n) is 12.7. The number of ether oxygens (including phenoxy) is 1. The van der Waals surface area contributed by atoms with Crippen LogP contribution < -0.4 is 10.2 Å². The van der Waals surface area contributed by atoms with E-state index >= 15 is 0 Å². The molecule has 0 saturated carbocycles. The minimum absolute atomic E-state index is 0.320. The standard InChI is InChI=1S/C16H11F5N2O2/c1-8-3-2-4-9(5-8)25-7-11(24)23-22-6-10-12(17)14(19)16(21)15(20)13(10)18/h2-6H,7H2,1H3,(H,23,24)/b22-6+. The lowest BCUT2D eigenvalue weighted by Crippen LogP contribution is -2.24. The first kappa shape index (κ1) is 18.4. The van der Waals surface area contributed by atoms with Gasteiger partial charge < -0.3 is 4.74 Å². The van der Waals surface area contributed by atoms with E-state index in [0.717, 1.165) is 5.56 Å².